The summed E-state index contributed by atoms with van der Waals surface area (Å²) in [5, 5.41) is 15.3. The van der Waals surface area contributed by atoms with Gasteiger partial charge in [-0.2, -0.15) is 0 Å². The molecule has 6 nitrogen and oxygen atoms in total. The van der Waals surface area contributed by atoms with Gasteiger partial charge in [-0.1, -0.05) is 18.2 Å². The molecule has 0 spiro atoms. The van der Waals surface area contributed by atoms with Crippen molar-refractivity contribution in [2.24, 2.45) is 0 Å². The Bertz CT molecular complexity index is 507. The van der Waals surface area contributed by atoms with Crippen LogP contribution in [-0.4, -0.2) is 15.9 Å². The summed E-state index contributed by atoms with van der Waals surface area (Å²) in [6, 6.07) is 8.83. The molecule has 0 N–H and O–H groups in total. The van der Waals surface area contributed by atoms with Crippen molar-refractivity contribution >= 4 is 5.97 Å². The standard InChI is InChI=1S/C10H9N3O3/c1-8(14)16-10-7-12(15)13(11-10)9-5-3-2-4-6-9/h2-7H,1H3. The minimum atomic E-state index is -0.515. The molecule has 1 heterocycles. The lowest BCUT2D eigenvalue weighted by Gasteiger charge is -2.00. The summed E-state index contributed by atoms with van der Waals surface area (Å²) in [5.41, 5.74) is 0.593. The second-order valence-electron chi connectivity index (χ2n) is 3.09. The van der Waals surface area contributed by atoms with E-state index < -0.39 is 5.97 Å². The van der Waals surface area contributed by atoms with Crippen molar-refractivity contribution in [2.45, 2.75) is 6.92 Å². The molecule has 0 saturated carbocycles. The van der Waals surface area contributed by atoms with E-state index in [4.69, 9.17) is 4.74 Å². The van der Waals surface area contributed by atoms with E-state index >= 15 is 0 Å². The van der Waals surface area contributed by atoms with Crippen molar-refractivity contribution in [2.75, 3.05) is 0 Å². The van der Waals surface area contributed by atoms with Crippen LogP contribution < -0.4 is 9.58 Å². The zero-order valence-corrected chi connectivity index (χ0v) is 8.53. The van der Waals surface area contributed by atoms with Crippen molar-refractivity contribution in [1.29, 1.82) is 0 Å². The van der Waals surface area contributed by atoms with E-state index in [2.05, 4.69) is 5.10 Å². The van der Waals surface area contributed by atoms with Crippen LogP contribution >= 0.6 is 0 Å². The number of nitrogens with zero attached hydrogens (tertiary/aromatic N) is 3. The molecule has 82 valence electrons. The number of hydrogen-bond acceptors (Lipinski definition) is 4. The van der Waals surface area contributed by atoms with E-state index in [0.29, 0.717) is 10.5 Å². The molecule has 0 radical (unpaired) electrons. The van der Waals surface area contributed by atoms with Gasteiger partial charge in [0.25, 0.3) is 0 Å². The maximum absolute atomic E-state index is 11.4. The molecule has 6 heteroatoms. The van der Waals surface area contributed by atoms with Crippen molar-refractivity contribution in [3.05, 3.63) is 41.7 Å². The van der Waals surface area contributed by atoms with Crippen LogP contribution in [0.1, 0.15) is 6.92 Å². The monoisotopic (exact) mass is 219 g/mol. The highest BCUT2D eigenvalue weighted by Crippen LogP contribution is 2.07. The van der Waals surface area contributed by atoms with Gasteiger partial charge >= 0.3 is 11.8 Å². The first-order valence-corrected chi connectivity index (χ1v) is 4.60. The van der Waals surface area contributed by atoms with Crippen molar-refractivity contribution in [3.63, 3.8) is 0 Å². The summed E-state index contributed by atoms with van der Waals surface area (Å²) in [6.07, 6.45) is 1.09. The van der Waals surface area contributed by atoms with Crippen LogP contribution in [0.5, 0.6) is 5.88 Å². The van der Waals surface area contributed by atoms with Crippen LogP contribution in [0, 0.1) is 5.21 Å². The minimum Gasteiger partial charge on any atom is -0.692 e. The maximum atomic E-state index is 11.4. The number of hydrogen-bond donors (Lipinski definition) is 0. The molecule has 2 rings (SSSR count). The largest absolute Gasteiger partial charge is 0.692 e. The molecule has 0 aliphatic carbocycles. The number of rotatable bonds is 2. The van der Waals surface area contributed by atoms with Gasteiger partial charge in [0.2, 0.25) is 6.20 Å². The van der Waals surface area contributed by atoms with E-state index in [0.717, 1.165) is 11.0 Å². The number of carbonyl (C=O) groups excluding carboxylic acids is 1. The van der Waals surface area contributed by atoms with Crippen LogP contribution in [0.2, 0.25) is 0 Å². The predicted molar refractivity (Wildman–Crippen MR) is 53.8 cm³/mol. The van der Waals surface area contributed by atoms with Gasteiger partial charge in [-0.25, -0.2) is 0 Å². The zero-order valence-electron chi connectivity index (χ0n) is 8.53. The molecule has 0 atom stereocenters. The topological polar surface area (TPSA) is 71.1 Å². The fourth-order valence-corrected chi connectivity index (χ4v) is 1.24. The van der Waals surface area contributed by atoms with Gasteiger partial charge < -0.3 is 9.94 Å². The number of aromatic nitrogens is 3. The first-order chi connectivity index (χ1) is 7.66. The van der Waals surface area contributed by atoms with Crippen LogP contribution in [-0.2, 0) is 4.79 Å². The van der Waals surface area contributed by atoms with E-state index in [9.17, 15) is 10.0 Å². The molecule has 0 aliphatic rings. The Morgan fingerprint density at radius 3 is 2.75 bits per heavy atom. The average molecular weight is 219 g/mol. The van der Waals surface area contributed by atoms with Crippen molar-refractivity contribution in [3.8, 4) is 11.6 Å². The van der Waals surface area contributed by atoms with E-state index in [1.807, 2.05) is 6.07 Å². The molecule has 16 heavy (non-hydrogen) atoms. The highest BCUT2D eigenvalue weighted by atomic mass is 16.6. The van der Waals surface area contributed by atoms with E-state index in [1.165, 1.54) is 6.92 Å². The maximum Gasteiger partial charge on any atom is 0.403 e. The average Bonchev–Trinajstić information content (AvgIpc) is 2.60. The Balaban J connectivity index is 2.36. The van der Waals surface area contributed by atoms with E-state index in [-0.39, 0.29) is 5.88 Å². The third kappa shape index (κ3) is 2.00. The second-order valence-corrected chi connectivity index (χ2v) is 3.09. The van der Waals surface area contributed by atoms with Crippen molar-refractivity contribution in [1.82, 2.24) is 9.90 Å². The van der Waals surface area contributed by atoms with Crippen LogP contribution in [0.15, 0.2) is 36.5 Å². The number of carbonyl (C=O) groups is 1. The van der Waals surface area contributed by atoms with Crippen LogP contribution in [0.3, 0.4) is 0 Å². The lowest BCUT2D eigenvalue weighted by molar-refractivity contribution is -0.688. The number of esters is 1. The first-order valence-electron chi connectivity index (χ1n) is 4.60. The highest BCUT2D eigenvalue weighted by Gasteiger charge is 2.16. The summed E-state index contributed by atoms with van der Waals surface area (Å²) >= 11 is 0. The second kappa shape index (κ2) is 4.01. The van der Waals surface area contributed by atoms with E-state index in [1.54, 1.807) is 24.3 Å². The lowest BCUT2D eigenvalue weighted by atomic mass is 10.3. The van der Waals surface area contributed by atoms with Crippen molar-refractivity contribution < 1.29 is 14.4 Å². The number of benzene rings is 1. The van der Waals surface area contributed by atoms with Gasteiger partial charge in [-0.15, -0.1) is 4.85 Å². The minimum absolute atomic E-state index is 0.0219. The SMILES string of the molecule is CC(=O)Oc1c[n+]([O-])n(-c2ccccc2)n1. The molecule has 0 unspecified atom stereocenters. The molecular weight excluding hydrogens is 210 g/mol. The van der Waals surface area contributed by atoms with Gasteiger partial charge in [0.15, 0.2) is 0 Å². The Hall–Kier alpha value is -2.37. The molecular formula is C10H9N3O3. The summed E-state index contributed by atoms with van der Waals surface area (Å²) in [5.74, 6) is -0.537. The first kappa shape index (κ1) is 10.2. The molecule has 2 aromatic rings. The predicted octanol–water partition coefficient (Wildman–Crippen LogP) is 0.431. The molecule has 0 fully saturated rings. The fourth-order valence-electron chi connectivity index (χ4n) is 1.24. The summed E-state index contributed by atoms with van der Waals surface area (Å²) in [7, 11) is 0. The van der Waals surface area contributed by atoms with Gasteiger partial charge in [0.1, 0.15) is 5.69 Å². The lowest BCUT2D eigenvalue weighted by Crippen LogP contribution is -2.36. The Kier molecular flexibility index (Phi) is 2.55. The molecule has 1 aromatic carbocycles. The summed E-state index contributed by atoms with van der Waals surface area (Å²) < 4.78 is 4.71. The molecule has 0 aliphatic heterocycles. The van der Waals surface area contributed by atoms with Crippen LogP contribution in [0.4, 0.5) is 0 Å². The summed E-state index contributed by atoms with van der Waals surface area (Å²) in [6.45, 7) is 1.25. The third-order valence-corrected chi connectivity index (χ3v) is 1.84. The molecule has 1 aromatic heterocycles. The van der Waals surface area contributed by atoms with Gasteiger partial charge in [-0.3, -0.25) is 4.79 Å². The smallest absolute Gasteiger partial charge is 0.403 e. The third-order valence-electron chi connectivity index (χ3n) is 1.84. The number of ether oxygens (including phenoxy) is 1. The molecule has 0 saturated heterocycles. The Morgan fingerprint density at radius 2 is 2.12 bits per heavy atom. The Labute approximate surface area is 91.2 Å². The van der Waals surface area contributed by atoms with Gasteiger partial charge in [0, 0.05) is 6.92 Å². The van der Waals surface area contributed by atoms with Gasteiger partial charge in [0.05, 0.1) is 5.10 Å². The molecule has 0 bridgehead atoms. The Morgan fingerprint density at radius 1 is 1.44 bits per heavy atom. The summed E-state index contributed by atoms with van der Waals surface area (Å²) in [4.78, 5) is 12.3. The quantitative estimate of drug-likeness (QED) is 0.417. The van der Waals surface area contributed by atoms with Crippen LogP contribution in [0.25, 0.3) is 5.69 Å². The van der Waals surface area contributed by atoms with Gasteiger partial charge in [-0.05, 0) is 16.9 Å². The highest BCUT2D eigenvalue weighted by molar-refractivity contribution is 5.68. The fraction of sp³-hybridized carbons (Fsp3) is 0.100. The number of para-hydroxylation sites is 1. The molecule has 0 amide bonds. The normalized spacial score (nSPS) is 10.1. The zero-order chi connectivity index (χ0) is 11.5.